The summed E-state index contributed by atoms with van der Waals surface area (Å²) in [6, 6.07) is -0.898. The van der Waals surface area contributed by atoms with E-state index >= 15 is 0 Å². The van der Waals surface area contributed by atoms with Crippen molar-refractivity contribution in [2.75, 3.05) is 0 Å². The molecule has 0 aliphatic carbocycles. The Balaban J connectivity index is 0. The first kappa shape index (κ1) is 18.7. The lowest BCUT2D eigenvalue weighted by Gasteiger charge is -2.19. The van der Waals surface area contributed by atoms with E-state index in [2.05, 4.69) is 5.32 Å². The van der Waals surface area contributed by atoms with Crippen LogP contribution in [0.25, 0.3) is 0 Å². The number of nitrogens with two attached hydrogens (primary N) is 1. The van der Waals surface area contributed by atoms with Gasteiger partial charge < -0.3 is 10.1 Å². The van der Waals surface area contributed by atoms with Gasteiger partial charge in [-0.15, -0.1) is 0 Å². The summed E-state index contributed by atoms with van der Waals surface area (Å²) < 4.78 is 4.80. The summed E-state index contributed by atoms with van der Waals surface area (Å²) in [5, 5.41) is 2.15. The van der Waals surface area contributed by atoms with E-state index in [1.807, 2.05) is 19.3 Å². The lowest BCUT2D eigenvalue weighted by molar-refractivity contribution is -0.163. The second-order valence-corrected chi connectivity index (χ2v) is 4.21. The molecule has 0 bridgehead atoms. The number of hydrazine groups is 1. The minimum atomic E-state index is -1.04. The number of ether oxygens (including phenoxy) is 1. The van der Waals surface area contributed by atoms with Crippen molar-refractivity contribution in [3.8, 4) is 0 Å². The highest BCUT2D eigenvalue weighted by Crippen LogP contribution is 2.06. The number of amides is 2. The molecule has 0 aromatic carbocycles. The molecule has 0 spiro atoms. The molecule has 1 atom stereocenters. The number of hydrogen-bond acceptors (Lipinski definition) is 5. The van der Waals surface area contributed by atoms with Crippen molar-refractivity contribution in [3.63, 3.8) is 0 Å². The predicted molar refractivity (Wildman–Crippen MR) is 67.1 cm³/mol. The Bertz CT molecular complexity index is 297. The largest absolute Gasteiger partial charge is 0.453 e. The fraction of sp³-hybridized carbons (Fsp3) is 0.727. The van der Waals surface area contributed by atoms with Crippen molar-refractivity contribution in [2.24, 2.45) is 5.84 Å². The highest BCUT2D eigenvalue weighted by Gasteiger charge is 2.25. The molecule has 0 unspecified atom stereocenters. The van der Waals surface area contributed by atoms with Crippen molar-refractivity contribution < 1.29 is 19.1 Å². The van der Waals surface area contributed by atoms with Gasteiger partial charge in [-0.25, -0.2) is 10.6 Å². The molecule has 0 radical (unpaired) electrons. The second kappa shape index (κ2) is 8.46. The number of esters is 1. The summed E-state index contributed by atoms with van der Waals surface area (Å²) in [7, 11) is 0. The molecule has 7 nitrogen and oxygen atoms in total. The third-order valence-corrected chi connectivity index (χ3v) is 1.47. The number of nitrogens with one attached hydrogen (secondary N) is 2. The Kier molecular flexibility index (Phi) is 8.80. The van der Waals surface area contributed by atoms with Gasteiger partial charge in [-0.1, -0.05) is 13.8 Å². The lowest BCUT2D eigenvalue weighted by Crippen LogP contribution is -2.49. The molecule has 2 amide bonds. The van der Waals surface area contributed by atoms with Gasteiger partial charge in [-0.05, 0) is 27.7 Å². The molecule has 0 saturated carbocycles. The molecule has 0 heterocycles. The molecule has 0 rings (SSSR count). The van der Waals surface area contributed by atoms with Gasteiger partial charge in [0.05, 0.1) is 0 Å². The number of carbonyl (C=O) groups is 3. The molecular weight excluding hydrogens is 238 g/mol. The number of rotatable bonds is 2. The van der Waals surface area contributed by atoms with Crippen LogP contribution >= 0.6 is 0 Å². The van der Waals surface area contributed by atoms with Crippen LogP contribution in [0.2, 0.25) is 0 Å². The van der Waals surface area contributed by atoms with Gasteiger partial charge in [-0.3, -0.25) is 15.0 Å². The molecule has 0 fully saturated rings. The van der Waals surface area contributed by atoms with E-state index in [1.165, 1.54) is 6.92 Å². The van der Waals surface area contributed by atoms with Crippen LogP contribution < -0.4 is 16.6 Å². The average molecular weight is 261 g/mol. The SMILES string of the molecule is CC.C[C@H](NC(=O)C(=O)OC(C)(C)C)C(=O)NN. The zero-order valence-corrected chi connectivity index (χ0v) is 11.8. The quantitative estimate of drug-likeness (QED) is 0.210. The molecule has 0 aliphatic heterocycles. The molecular formula is C11H23N3O4. The van der Waals surface area contributed by atoms with Crippen LogP contribution in [0.15, 0.2) is 0 Å². The lowest BCUT2D eigenvalue weighted by atomic mass is 10.2. The maximum absolute atomic E-state index is 11.2. The van der Waals surface area contributed by atoms with Crippen molar-refractivity contribution >= 4 is 17.8 Å². The molecule has 0 saturated heterocycles. The van der Waals surface area contributed by atoms with Crippen molar-refractivity contribution in [2.45, 2.75) is 53.2 Å². The summed E-state index contributed by atoms with van der Waals surface area (Å²) in [5.41, 5.74) is 1.10. The third kappa shape index (κ3) is 8.51. The molecule has 0 aromatic heterocycles. The van der Waals surface area contributed by atoms with Gasteiger partial charge in [0, 0.05) is 0 Å². The first-order valence-electron chi connectivity index (χ1n) is 5.71. The Hall–Kier alpha value is -1.63. The normalized spacial score (nSPS) is 11.5. The molecule has 0 aromatic rings. The van der Waals surface area contributed by atoms with Crippen molar-refractivity contribution in [1.29, 1.82) is 0 Å². The van der Waals surface area contributed by atoms with Crippen LogP contribution in [-0.4, -0.2) is 29.4 Å². The fourth-order valence-electron chi connectivity index (χ4n) is 0.771. The fourth-order valence-corrected chi connectivity index (χ4v) is 0.771. The average Bonchev–Trinajstić information content (AvgIpc) is 2.28. The highest BCUT2D eigenvalue weighted by atomic mass is 16.6. The Morgan fingerprint density at radius 1 is 1.17 bits per heavy atom. The molecule has 0 aliphatic rings. The molecule has 4 N–H and O–H groups in total. The van der Waals surface area contributed by atoms with E-state index < -0.39 is 29.4 Å². The second-order valence-electron chi connectivity index (χ2n) is 4.21. The first-order valence-corrected chi connectivity index (χ1v) is 5.71. The van der Waals surface area contributed by atoms with Crippen molar-refractivity contribution in [1.82, 2.24) is 10.7 Å². The van der Waals surface area contributed by atoms with Gasteiger partial charge in [-0.2, -0.15) is 0 Å². The maximum Gasteiger partial charge on any atom is 0.397 e. The zero-order valence-electron chi connectivity index (χ0n) is 11.8. The van der Waals surface area contributed by atoms with E-state index in [4.69, 9.17) is 10.6 Å². The Morgan fingerprint density at radius 3 is 1.94 bits per heavy atom. The first-order chi connectivity index (χ1) is 8.17. The van der Waals surface area contributed by atoms with Gasteiger partial charge in [0.15, 0.2) is 0 Å². The predicted octanol–water partition coefficient (Wildman–Crippen LogP) is -0.151. The van der Waals surface area contributed by atoms with Crippen molar-refractivity contribution in [3.05, 3.63) is 0 Å². The summed E-state index contributed by atoms with van der Waals surface area (Å²) in [6.07, 6.45) is 0. The van der Waals surface area contributed by atoms with E-state index in [9.17, 15) is 14.4 Å². The van der Waals surface area contributed by atoms with E-state index in [-0.39, 0.29) is 0 Å². The van der Waals surface area contributed by atoms with E-state index in [0.717, 1.165) is 0 Å². The zero-order chi connectivity index (χ0) is 14.9. The minimum Gasteiger partial charge on any atom is -0.453 e. The Labute approximate surface area is 107 Å². The van der Waals surface area contributed by atoms with Gasteiger partial charge >= 0.3 is 11.9 Å². The van der Waals surface area contributed by atoms with Gasteiger partial charge in [0.1, 0.15) is 11.6 Å². The van der Waals surface area contributed by atoms with Gasteiger partial charge in [0.2, 0.25) is 0 Å². The molecule has 7 heteroatoms. The standard InChI is InChI=1S/C9H17N3O4.C2H6/c1-5(6(13)12-10)11-7(14)8(15)16-9(2,3)4;1-2/h5H,10H2,1-4H3,(H,11,14)(H,12,13);1-2H3/t5-;/m0./s1. The van der Waals surface area contributed by atoms with Crippen LogP contribution in [0.5, 0.6) is 0 Å². The van der Waals surface area contributed by atoms with Crippen LogP contribution in [0, 0.1) is 0 Å². The maximum atomic E-state index is 11.2. The van der Waals surface area contributed by atoms with E-state index in [1.54, 1.807) is 20.8 Å². The smallest absolute Gasteiger partial charge is 0.397 e. The monoisotopic (exact) mass is 261 g/mol. The summed E-state index contributed by atoms with van der Waals surface area (Å²) in [6.45, 7) is 10.3. The summed E-state index contributed by atoms with van der Waals surface area (Å²) in [5.74, 6) is 2.24. The third-order valence-electron chi connectivity index (χ3n) is 1.47. The van der Waals surface area contributed by atoms with Crippen LogP contribution in [0.3, 0.4) is 0 Å². The highest BCUT2D eigenvalue weighted by molar-refractivity contribution is 6.33. The summed E-state index contributed by atoms with van der Waals surface area (Å²) in [4.78, 5) is 33.4. The number of hydrogen-bond donors (Lipinski definition) is 3. The molecule has 18 heavy (non-hydrogen) atoms. The minimum absolute atomic E-state index is 0.600. The topological polar surface area (TPSA) is 111 Å². The molecule has 106 valence electrons. The van der Waals surface area contributed by atoms with Crippen LogP contribution in [0.4, 0.5) is 0 Å². The Morgan fingerprint density at radius 2 is 1.61 bits per heavy atom. The van der Waals surface area contributed by atoms with Gasteiger partial charge in [0.25, 0.3) is 5.91 Å². The van der Waals surface area contributed by atoms with Crippen LogP contribution in [-0.2, 0) is 19.1 Å². The van der Waals surface area contributed by atoms with E-state index in [0.29, 0.717) is 0 Å². The summed E-state index contributed by atoms with van der Waals surface area (Å²) >= 11 is 0. The number of carbonyl (C=O) groups excluding carboxylic acids is 3. The van der Waals surface area contributed by atoms with Crippen LogP contribution in [0.1, 0.15) is 41.5 Å².